The maximum Gasteiger partial charge on any atom is 0.510 e. The molecule has 0 aromatic heterocycles. The highest BCUT2D eigenvalue weighted by atomic mass is 16.7. The Kier molecular flexibility index (Phi) is 5.30. The summed E-state index contributed by atoms with van der Waals surface area (Å²) in [5.41, 5.74) is 0.647. The normalized spacial score (nSPS) is 41.9. The standard InChI is InChI=1S/C25H34O4/c1-5-16(3)28-23(27)29-25(6-2)14-22-21-9-7-17-13-18(26)8-10-19(17)20(21)11-12-24(22,4)15-25/h2,13,16,19-22H,5,7-12,14-15H2,1,3-4H3. The highest BCUT2D eigenvalue weighted by molar-refractivity contribution is 5.91. The van der Waals surface area contributed by atoms with Crippen molar-refractivity contribution < 1.29 is 19.1 Å². The van der Waals surface area contributed by atoms with Gasteiger partial charge in [0, 0.05) is 19.3 Å². The highest BCUT2D eigenvalue weighted by Crippen LogP contribution is 2.64. The fourth-order valence-electron chi connectivity index (χ4n) is 6.92. The van der Waals surface area contributed by atoms with Gasteiger partial charge in [0.05, 0.1) is 0 Å². The van der Waals surface area contributed by atoms with E-state index in [1.54, 1.807) is 0 Å². The maximum absolute atomic E-state index is 12.4. The fraction of sp³-hybridized carbons (Fsp3) is 0.760. The van der Waals surface area contributed by atoms with E-state index in [9.17, 15) is 9.59 Å². The Hall–Kier alpha value is -1.76. The average Bonchev–Trinajstić information content (AvgIpc) is 2.99. The summed E-state index contributed by atoms with van der Waals surface area (Å²) in [6, 6.07) is 0. The number of hydrogen-bond donors (Lipinski definition) is 0. The lowest BCUT2D eigenvalue weighted by Gasteiger charge is -2.52. The van der Waals surface area contributed by atoms with E-state index in [4.69, 9.17) is 15.9 Å². The molecule has 0 heterocycles. The summed E-state index contributed by atoms with van der Waals surface area (Å²) in [6.07, 6.45) is 15.5. The molecule has 0 amide bonds. The van der Waals surface area contributed by atoms with Gasteiger partial charge in [-0.1, -0.05) is 25.3 Å². The summed E-state index contributed by atoms with van der Waals surface area (Å²) in [5.74, 6) is 5.44. The van der Waals surface area contributed by atoms with Gasteiger partial charge < -0.3 is 9.47 Å². The van der Waals surface area contributed by atoms with Crippen LogP contribution in [0.1, 0.15) is 78.6 Å². The first-order valence-electron chi connectivity index (χ1n) is 11.4. The fourth-order valence-corrected chi connectivity index (χ4v) is 6.92. The van der Waals surface area contributed by atoms with Crippen LogP contribution in [0.4, 0.5) is 4.79 Å². The van der Waals surface area contributed by atoms with E-state index in [2.05, 4.69) is 12.8 Å². The van der Waals surface area contributed by atoms with Crippen molar-refractivity contribution in [3.63, 3.8) is 0 Å². The molecule has 29 heavy (non-hydrogen) atoms. The van der Waals surface area contributed by atoms with Crippen LogP contribution < -0.4 is 0 Å². The van der Waals surface area contributed by atoms with Gasteiger partial charge in [0.2, 0.25) is 0 Å². The number of fused-ring (bicyclic) bond motifs is 5. The lowest BCUT2D eigenvalue weighted by Crippen LogP contribution is -2.44. The number of ether oxygens (including phenoxy) is 2. The second-order valence-corrected chi connectivity index (χ2v) is 10.2. The van der Waals surface area contributed by atoms with Gasteiger partial charge in [-0.15, -0.1) is 6.42 Å². The molecule has 158 valence electrons. The Bertz CT molecular complexity index is 761. The summed E-state index contributed by atoms with van der Waals surface area (Å²) in [6.45, 7) is 6.18. The number of allylic oxidation sites excluding steroid dienone is 1. The summed E-state index contributed by atoms with van der Waals surface area (Å²) < 4.78 is 11.2. The van der Waals surface area contributed by atoms with E-state index in [0.717, 1.165) is 44.9 Å². The van der Waals surface area contributed by atoms with Gasteiger partial charge in [0.15, 0.2) is 11.4 Å². The second kappa shape index (κ2) is 7.49. The minimum Gasteiger partial charge on any atom is -0.431 e. The number of carbonyl (C=O) groups excluding carboxylic acids is 2. The topological polar surface area (TPSA) is 52.6 Å². The quantitative estimate of drug-likeness (QED) is 0.468. The molecule has 4 rings (SSSR count). The van der Waals surface area contributed by atoms with Crippen LogP contribution in [0.2, 0.25) is 0 Å². The third-order valence-corrected chi connectivity index (χ3v) is 8.47. The van der Waals surface area contributed by atoms with E-state index >= 15 is 0 Å². The van der Waals surface area contributed by atoms with Gasteiger partial charge in [-0.3, -0.25) is 4.79 Å². The lowest BCUT2D eigenvalue weighted by molar-refractivity contribution is -0.116. The SMILES string of the molecule is C#CC1(OC(=O)OC(C)CC)CC2C3CCC4=CC(=O)CCC4C3CCC2(C)C1. The molecule has 0 N–H and O–H groups in total. The van der Waals surface area contributed by atoms with Gasteiger partial charge in [0.25, 0.3) is 0 Å². The summed E-state index contributed by atoms with van der Waals surface area (Å²) in [4.78, 5) is 24.2. The molecular weight excluding hydrogens is 364 g/mol. The zero-order valence-corrected chi connectivity index (χ0v) is 18.0. The average molecular weight is 399 g/mol. The van der Waals surface area contributed by atoms with Crippen LogP contribution in [0.25, 0.3) is 0 Å². The minimum absolute atomic E-state index is 0.107. The third-order valence-electron chi connectivity index (χ3n) is 8.47. The van der Waals surface area contributed by atoms with Crippen LogP contribution in [0.15, 0.2) is 11.6 Å². The van der Waals surface area contributed by atoms with Crippen molar-refractivity contribution in [1.82, 2.24) is 0 Å². The third kappa shape index (κ3) is 3.62. The van der Waals surface area contributed by atoms with Crippen molar-refractivity contribution in [2.45, 2.75) is 90.3 Å². The molecule has 4 aliphatic rings. The van der Waals surface area contributed by atoms with E-state index in [0.29, 0.717) is 35.9 Å². The zero-order chi connectivity index (χ0) is 20.8. The Morgan fingerprint density at radius 1 is 1.31 bits per heavy atom. The number of ketones is 1. The van der Waals surface area contributed by atoms with Crippen LogP contribution in [-0.4, -0.2) is 23.6 Å². The van der Waals surface area contributed by atoms with Crippen molar-refractivity contribution in [1.29, 1.82) is 0 Å². The highest BCUT2D eigenvalue weighted by Gasteiger charge is 2.60. The van der Waals surface area contributed by atoms with Gasteiger partial charge in [0.1, 0.15) is 6.10 Å². The van der Waals surface area contributed by atoms with Crippen LogP contribution >= 0.6 is 0 Å². The first kappa shape index (κ1) is 20.5. The summed E-state index contributed by atoms with van der Waals surface area (Å²) >= 11 is 0. The first-order chi connectivity index (χ1) is 13.8. The Balaban J connectivity index is 1.53. The molecule has 0 aromatic carbocycles. The predicted octanol–water partition coefficient (Wildman–Crippen LogP) is 5.45. The molecule has 4 nitrogen and oxygen atoms in total. The van der Waals surface area contributed by atoms with Crippen molar-refractivity contribution in [3.05, 3.63) is 11.6 Å². The van der Waals surface area contributed by atoms with Gasteiger partial charge in [-0.05, 0) is 80.6 Å². The van der Waals surface area contributed by atoms with E-state index < -0.39 is 11.8 Å². The maximum atomic E-state index is 12.4. The minimum atomic E-state index is -0.850. The summed E-state index contributed by atoms with van der Waals surface area (Å²) in [5, 5.41) is 0. The van der Waals surface area contributed by atoms with Crippen molar-refractivity contribution in [3.8, 4) is 12.3 Å². The molecule has 0 aliphatic heterocycles. The number of rotatable bonds is 3. The molecule has 7 atom stereocenters. The zero-order valence-electron chi connectivity index (χ0n) is 18.0. The van der Waals surface area contributed by atoms with Crippen LogP contribution in [0, 0.1) is 41.4 Å². The van der Waals surface area contributed by atoms with Gasteiger partial charge >= 0.3 is 6.16 Å². The van der Waals surface area contributed by atoms with Crippen molar-refractivity contribution in [2.75, 3.05) is 0 Å². The van der Waals surface area contributed by atoms with Crippen LogP contribution in [0.5, 0.6) is 0 Å². The predicted molar refractivity (Wildman–Crippen MR) is 111 cm³/mol. The molecule has 0 bridgehead atoms. The van der Waals surface area contributed by atoms with E-state index in [1.165, 1.54) is 12.0 Å². The van der Waals surface area contributed by atoms with Gasteiger partial charge in [-0.25, -0.2) is 4.79 Å². The molecule has 7 unspecified atom stereocenters. The smallest absolute Gasteiger partial charge is 0.431 e. The molecule has 0 aromatic rings. The molecule has 0 radical (unpaired) electrons. The van der Waals surface area contributed by atoms with Crippen molar-refractivity contribution >= 4 is 11.9 Å². The molecule has 0 saturated heterocycles. The number of carbonyl (C=O) groups is 2. The number of terminal acetylenes is 1. The molecular formula is C25H34O4. The molecule has 4 aliphatic carbocycles. The van der Waals surface area contributed by atoms with E-state index in [1.807, 2.05) is 19.9 Å². The van der Waals surface area contributed by atoms with Gasteiger partial charge in [-0.2, -0.15) is 0 Å². The Morgan fingerprint density at radius 3 is 2.83 bits per heavy atom. The largest absolute Gasteiger partial charge is 0.510 e. The second-order valence-electron chi connectivity index (χ2n) is 10.2. The summed E-state index contributed by atoms with van der Waals surface area (Å²) in [7, 11) is 0. The molecule has 3 saturated carbocycles. The Morgan fingerprint density at radius 2 is 2.10 bits per heavy atom. The number of hydrogen-bond acceptors (Lipinski definition) is 4. The van der Waals surface area contributed by atoms with E-state index in [-0.39, 0.29) is 11.5 Å². The molecule has 4 heteroatoms. The molecule has 0 spiro atoms. The molecule has 3 fully saturated rings. The first-order valence-corrected chi connectivity index (χ1v) is 11.4. The van der Waals surface area contributed by atoms with Crippen LogP contribution in [-0.2, 0) is 14.3 Å². The monoisotopic (exact) mass is 398 g/mol. The lowest BCUT2D eigenvalue weighted by atomic mass is 9.52. The van der Waals surface area contributed by atoms with Crippen LogP contribution in [0.3, 0.4) is 0 Å². The van der Waals surface area contributed by atoms with Crippen molar-refractivity contribution in [2.24, 2.45) is 29.1 Å². The Labute approximate surface area is 174 Å².